The molecule has 0 amide bonds. The number of hydrogen-bond acceptors (Lipinski definition) is 9. The molecule has 0 radical (unpaired) electrons. The van der Waals surface area contributed by atoms with E-state index >= 15 is 0 Å². The van der Waals surface area contributed by atoms with Crippen LogP contribution in [-0.4, -0.2) is 50.7 Å². The Kier molecular flexibility index (Phi) is 7.70. The Morgan fingerprint density at radius 2 is 1.93 bits per heavy atom. The van der Waals surface area contributed by atoms with Crippen LogP contribution in [0, 0.1) is 17.8 Å². The maximum atomic E-state index is 12.5. The first-order valence-electron chi connectivity index (χ1n) is 9.58. The number of anilines is 1. The summed E-state index contributed by atoms with van der Waals surface area (Å²) in [6.07, 6.45) is -0.693. The topological polar surface area (TPSA) is 134 Å². The summed E-state index contributed by atoms with van der Waals surface area (Å²) < 4.78 is 12.1. The largest absolute Gasteiger partial charge is 0.464 e. The van der Waals surface area contributed by atoms with Gasteiger partial charge in [-0.2, -0.15) is 4.98 Å². The fourth-order valence-electron chi connectivity index (χ4n) is 2.69. The maximum absolute atomic E-state index is 12.5. The van der Waals surface area contributed by atoms with Crippen LogP contribution in [-0.2, 0) is 19.1 Å². The number of carbonyl (C=O) groups excluding carboxylic acids is 2. The highest BCUT2D eigenvalue weighted by atomic mass is 32.2. The van der Waals surface area contributed by atoms with Crippen LogP contribution in [0.3, 0.4) is 0 Å². The molecule has 1 aromatic heterocycles. The van der Waals surface area contributed by atoms with Crippen molar-refractivity contribution < 1.29 is 24.2 Å². The van der Waals surface area contributed by atoms with Crippen LogP contribution in [0.5, 0.6) is 0 Å². The van der Waals surface area contributed by atoms with Crippen molar-refractivity contribution in [2.75, 3.05) is 12.3 Å². The van der Waals surface area contributed by atoms with Gasteiger partial charge in [-0.25, -0.2) is 4.79 Å². The molecular formula is C19H29N3O6S. The predicted octanol–water partition coefficient (Wildman–Crippen LogP) is 1.20. The molecule has 3 N–H and O–H groups in total. The number of rotatable bonds is 7. The molecule has 2 unspecified atom stereocenters. The Morgan fingerprint density at radius 3 is 2.48 bits per heavy atom. The lowest BCUT2D eigenvalue weighted by Gasteiger charge is -2.25. The highest BCUT2D eigenvalue weighted by molar-refractivity contribution is 8.00. The summed E-state index contributed by atoms with van der Waals surface area (Å²) in [5, 5.41) is 9.56. The standard InChI is InChI=1S/C19H29N3O6S/c1-9(2)11(5)18(25)28-15-12(8-27-17(24)10(3)4)29-16(14(15)23)22-7-6-13(20)21-19(22)26/h6-7,9-12,14-16,23H,8H2,1-5H3,(H2,20,21,26)/t11-,12+,14?,15?,16+/m0/s1. The molecule has 1 fully saturated rings. The summed E-state index contributed by atoms with van der Waals surface area (Å²) >= 11 is 1.19. The minimum Gasteiger partial charge on any atom is -0.464 e. The van der Waals surface area contributed by atoms with Gasteiger partial charge in [0.1, 0.15) is 30.0 Å². The molecule has 9 nitrogen and oxygen atoms in total. The first kappa shape index (κ1) is 23.2. The number of carbonyl (C=O) groups is 2. The molecule has 0 saturated carbocycles. The van der Waals surface area contributed by atoms with Crippen molar-refractivity contribution in [1.82, 2.24) is 9.55 Å². The number of nitrogen functional groups attached to an aromatic ring is 1. The molecule has 1 aliphatic heterocycles. The number of esters is 2. The number of nitrogens with zero attached hydrogens (tertiary/aromatic N) is 2. The molecule has 162 valence electrons. The molecule has 2 rings (SSSR count). The molecule has 0 spiro atoms. The van der Waals surface area contributed by atoms with Gasteiger partial charge in [-0.15, -0.1) is 11.8 Å². The molecule has 2 heterocycles. The predicted molar refractivity (Wildman–Crippen MR) is 109 cm³/mol. The first-order valence-corrected chi connectivity index (χ1v) is 10.5. The van der Waals surface area contributed by atoms with Crippen molar-refractivity contribution in [3.8, 4) is 0 Å². The lowest BCUT2D eigenvalue weighted by Crippen LogP contribution is -2.41. The van der Waals surface area contributed by atoms with Crippen LogP contribution < -0.4 is 11.4 Å². The van der Waals surface area contributed by atoms with E-state index in [0.29, 0.717) is 0 Å². The van der Waals surface area contributed by atoms with Gasteiger partial charge < -0.3 is 20.3 Å². The highest BCUT2D eigenvalue weighted by Crippen LogP contribution is 2.43. The van der Waals surface area contributed by atoms with Gasteiger partial charge in [0.2, 0.25) is 0 Å². The van der Waals surface area contributed by atoms with Gasteiger partial charge in [0.25, 0.3) is 0 Å². The van der Waals surface area contributed by atoms with E-state index in [0.717, 1.165) is 0 Å². The summed E-state index contributed by atoms with van der Waals surface area (Å²) in [7, 11) is 0. The average Bonchev–Trinajstić information content (AvgIpc) is 2.94. The fourth-order valence-corrected chi connectivity index (χ4v) is 4.18. The molecule has 0 bridgehead atoms. The van der Waals surface area contributed by atoms with E-state index in [9.17, 15) is 19.5 Å². The maximum Gasteiger partial charge on any atom is 0.350 e. The SMILES string of the molecule is CC(C)C(=O)OC[C@H]1S[C@@H](n2ccc(N)nc2=O)C(O)C1OC(=O)[C@@H](C)C(C)C. The third kappa shape index (κ3) is 5.51. The van der Waals surface area contributed by atoms with Gasteiger partial charge >= 0.3 is 17.6 Å². The second kappa shape index (κ2) is 9.62. The molecule has 1 aliphatic rings. The summed E-state index contributed by atoms with van der Waals surface area (Å²) in [5.41, 5.74) is 4.91. The molecule has 10 heteroatoms. The minimum atomic E-state index is -1.19. The van der Waals surface area contributed by atoms with Gasteiger partial charge in [-0.3, -0.25) is 14.2 Å². The van der Waals surface area contributed by atoms with Crippen molar-refractivity contribution in [3.63, 3.8) is 0 Å². The average molecular weight is 428 g/mol. The number of aliphatic hydroxyl groups is 1. The summed E-state index contributed by atoms with van der Waals surface area (Å²) in [5.74, 6) is -1.40. The van der Waals surface area contributed by atoms with E-state index in [2.05, 4.69) is 4.98 Å². The zero-order valence-electron chi connectivity index (χ0n) is 17.3. The van der Waals surface area contributed by atoms with Crippen molar-refractivity contribution in [2.24, 2.45) is 17.8 Å². The number of aliphatic hydroxyl groups excluding tert-OH is 1. The smallest absolute Gasteiger partial charge is 0.350 e. The number of hydrogen-bond donors (Lipinski definition) is 2. The van der Waals surface area contributed by atoms with E-state index in [1.807, 2.05) is 13.8 Å². The van der Waals surface area contributed by atoms with E-state index in [1.165, 1.54) is 28.6 Å². The van der Waals surface area contributed by atoms with E-state index < -0.39 is 40.5 Å². The quantitative estimate of drug-likeness (QED) is 0.616. The third-order valence-electron chi connectivity index (χ3n) is 4.92. The summed E-state index contributed by atoms with van der Waals surface area (Å²) in [6, 6.07) is 1.45. The molecular weight excluding hydrogens is 398 g/mol. The van der Waals surface area contributed by atoms with Gasteiger partial charge in [-0.05, 0) is 12.0 Å². The van der Waals surface area contributed by atoms with Gasteiger partial charge in [-0.1, -0.05) is 34.6 Å². The Labute approximate surface area is 174 Å². The van der Waals surface area contributed by atoms with E-state index in [-0.39, 0.29) is 30.2 Å². The number of ether oxygens (including phenoxy) is 2. The van der Waals surface area contributed by atoms with Crippen LogP contribution in [0.1, 0.15) is 40.0 Å². The second-order valence-electron chi connectivity index (χ2n) is 7.82. The van der Waals surface area contributed by atoms with Crippen LogP contribution in [0.2, 0.25) is 0 Å². The lowest BCUT2D eigenvalue weighted by atomic mass is 9.98. The van der Waals surface area contributed by atoms with Crippen molar-refractivity contribution in [3.05, 3.63) is 22.7 Å². The Morgan fingerprint density at radius 1 is 1.28 bits per heavy atom. The molecule has 1 aromatic rings. The zero-order valence-corrected chi connectivity index (χ0v) is 18.1. The van der Waals surface area contributed by atoms with Crippen LogP contribution in [0.25, 0.3) is 0 Å². The first-order chi connectivity index (χ1) is 13.5. The summed E-state index contributed by atoms with van der Waals surface area (Å²) in [6.45, 7) is 8.92. The van der Waals surface area contributed by atoms with Crippen molar-refractivity contribution in [2.45, 2.75) is 57.5 Å². The monoisotopic (exact) mass is 427 g/mol. The zero-order chi connectivity index (χ0) is 21.9. The van der Waals surface area contributed by atoms with Crippen LogP contribution in [0.15, 0.2) is 17.1 Å². The van der Waals surface area contributed by atoms with Gasteiger partial charge in [0, 0.05) is 6.20 Å². The third-order valence-corrected chi connectivity index (χ3v) is 6.46. The highest BCUT2D eigenvalue weighted by Gasteiger charge is 2.48. The Balaban J connectivity index is 2.25. The normalized spacial score (nSPS) is 25.2. The number of nitrogens with two attached hydrogens (primary N) is 1. The minimum absolute atomic E-state index is 0.0552. The molecule has 0 aromatic carbocycles. The van der Waals surface area contributed by atoms with E-state index in [4.69, 9.17) is 15.2 Å². The number of aromatic nitrogens is 2. The Hall–Kier alpha value is -2.07. The molecule has 29 heavy (non-hydrogen) atoms. The van der Waals surface area contributed by atoms with Gasteiger partial charge in [0.15, 0.2) is 0 Å². The van der Waals surface area contributed by atoms with Gasteiger partial charge in [0.05, 0.1) is 17.1 Å². The van der Waals surface area contributed by atoms with Crippen molar-refractivity contribution >= 4 is 29.5 Å². The van der Waals surface area contributed by atoms with E-state index in [1.54, 1.807) is 20.8 Å². The Bertz CT molecular complexity index is 796. The number of thioether (sulfide) groups is 1. The fraction of sp³-hybridized carbons (Fsp3) is 0.684. The van der Waals surface area contributed by atoms with Crippen LogP contribution in [0.4, 0.5) is 5.82 Å². The lowest BCUT2D eigenvalue weighted by molar-refractivity contribution is -0.162. The molecule has 5 atom stereocenters. The molecule has 0 aliphatic carbocycles. The second-order valence-corrected chi connectivity index (χ2v) is 9.18. The van der Waals surface area contributed by atoms with Crippen LogP contribution >= 0.6 is 11.8 Å². The van der Waals surface area contributed by atoms with Crippen molar-refractivity contribution in [1.29, 1.82) is 0 Å². The molecule has 1 saturated heterocycles. The summed E-state index contributed by atoms with van der Waals surface area (Å²) in [4.78, 5) is 40.3.